The average molecular weight is 465 g/mol. The lowest BCUT2D eigenvalue weighted by Crippen LogP contribution is -2.44. The smallest absolute Gasteiger partial charge is 0.212 e. The van der Waals surface area contributed by atoms with Crippen molar-refractivity contribution in [2.24, 2.45) is 7.05 Å². The summed E-state index contributed by atoms with van der Waals surface area (Å²) in [5, 5.41) is 1.37. The van der Waals surface area contributed by atoms with Crippen molar-refractivity contribution in [2.45, 2.75) is 85.8 Å². The number of benzene rings is 1. The van der Waals surface area contributed by atoms with Gasteiger partial charge < -0.3 is 0 Å². The molecule has 0 spiro atoms. The Hall–Kier alpha value is -2.40. The summed E-state index contributed by atoms with van der Waals surface area (Å²) in [4.78, 5) is 14.4. The molecule has 0 N–H and O–H groups in total. The molecule has 0 fully saturated rings. The van der Waals surface area contributed by atoms with E-state index in [1.807, 2.05) is 20.0 Å². The van der Waals surface area contributed by atoms with Gasteiger partial charge in [0.15, 0.2) is 12.0 Å². The van der Waals surface area contributed by atoms with E-state index in [0.717, 1.165) is 16.8 Å². The predicted octanol–water partition coefficient (Wildman–Crippen LogP) is 5.79. The maximum absolute atomic E-state index is 8.29. The van der Waals surface area contributed by atoms with Gasteiger partial charge in [0.05, 0.1) is 8.07 Å². The number of aryl methyl sites for hydroxylation is 3. The van der Waals surface area contributed by atoms with Crippen molar-refractivity contribution in [3.63, 3.8) is 0 Å². The Morgan fingerprint density at radius 1 is 0.818 bits per heavy atom. The Bertz CT molecular complexity index is 1260. The molecular formula is C28H41N4Si+. The van der Waals surface area contributed by atoms with Gasteiger partial charge in [0.25, 0.3) is 0 Å². The van der Waals surface area contributed by atoms with Crippen molar-refractivity contribution < 1.29 is 8.68 Å². The topological polar surface area (TPSA) is 42.5 Å². The van der Waals surface area contributed by atoms with Crippen LogP contribution in [-0.4, -0.2) is 23.0 Å². The van der Waals surface area contributed by atoms with Crippen LogP contribution in [0.5, 0.6) is 0 Å². The Morgan fingerprint density at radius 3 is 1.85 bits per heavy atom. The molecule has 33 heavy (non-hydrogen) atoms. The van der Waals surface area contributed by atoms with Crippen molar-refractivity contribution in [1.82, 2.24) is 15.0 Å². The Labute approximate surface area is 205 Å². The highest BCUT2D eigenvalue weighted by Gasteiger charge is 2.27. The van der Waals surface area contributed by atoms with Crippen LogP contribution in [0.15, 0.2) is 30.5 Å². The largest absolute Gasteiger partial charge is 0.217 e. The van der Waals surface area contributed by atoms with Crippen molar-refractivity contribution in [3.05, 3.63) is 53.2 Å². The van der Waals surface area contributed by atoms with E-state index in [9.17, 15) is 0 Å². The molecule has 0 saturated carbocycles. The quantitative estimate of drug-likeness (QED) is 0.364. The third-order valence-electron chi connectivity index (χ3n) is 5.86. The van der Waals surface area contributed by atoms with Gasteiger partial charge in [0, 0.05) is 37.3 Å². The van der Waals surface area contributed by atoms with Gasteiger partial charge in [-0.05, 0) is 31.0 Å². The highest BCUT2D eigenvalue weighted by molar-refractivity contribution is 6.88. The van der Waals surface area contributed by atoms with Crippen LogP contribution >= 0.6 is 0 Å². The second-order valence-electron chi connectivity index (χ2n) is 12.2. The summed E-state index contributed by atoms with van der Waals surface area (Å²) in [6.45, 7) is 19.0. The molecule has 5 heteroatoms. The molecule has 0 radical (unpaired) electrons. The highest BCUT2D eigenvalue weighted by atomic mass is 28.3. The molecule has 0 amide bonds. The second-order valence-corrected chi connectivity index (χ2v) is 17.3. The number of hydrogen-bond donors (Lipinski definition) is 0. The third-order valence-corrected chi connectivity index (χ3v) is 7.89. The normalized spacial score (nSPS) is 14.6. The zero-order valence-electron chi connectivity index (χ0n) is 25.2. The number of aromatic nitrogens is 4. The summed E-state index contributed by atoms with van der Waals surface area (Å²) < 4.78 is 27.0. The number of nitrogens with zero attached hydrogens (tertiary/aromatic N) is 4. The molecule has 0 bridgehead atoms. The van der Waals surface area contributed by atoms with Crippen LogP contribution < -0.4 is 9.75 Å². The first-order chi connectivity index (χ1) is 16.2. The summed E-state index contributed by atoms with van der Waals surface area (Å²) in [5.74, 6) is 1.72. The molecule has 3 aromatic rings. The minimum Gasteiger partial charge on any atom is -0.217 e. The van der Waals surface area contributed by atoms with Crippen LogP contribution in [0.4, 0.5) is 0 Å². The second kappa shape index (κ2) is 8.43. The molecule has 0 atom stereocenters. The third kappa shape index (κ3) is 5.40. The minimum atomic E-state index is -2.31. The standard InChI is InChI=1S/C28H41N4Si/c1-18-15-19(2)22(16-21(18)23-14-13-20(17-32(23)9)33(10,11)12)24-29-25(27(3,4)5)31-26(30-24)28(6,7)8/h13-17H,1-12H3/q+1/i2D3. The molecule has 0 saturated heterocycles. The van der Waals surface area contributed by atoms with E-state index in [1.165, 1.54) is 5.19 Å². The first-order valence-corrected chi connectivity index (χ1v) is 15.1. The highest BCUT2D eigenvalue weighted by Crippen LogP contribution is 2.32. The fourth-order valence-electron chi connectivity index (χ4n) is 3.67. The lowest BCUT2D eigenvalue weighted by molar-refractivity contribution is -0.659. The molecule has 3 rings (SSSR count). The van der Waals surface area contributed by atoms with Gasteiger partial charge >= 0.3 is 0 Å². The van der Waals surface area contributed by atoms with E-state index < -0.39 is 14.9 Å². The Kier molecular flexibility index (Phi) is 5.40. The monoisotopic (exact) mass is 464 g/mol. The number of rotatable bonds is 3. The fourth-order valence-corrected chi connectivity index (χ4v) is 4.83. The van der Waals surface area contributed by atoms with Gasteiger partial charge in [0.1, 0.15) is 18.7 Å². The van der Waals surface area contributed by atoms with Crippen LogP contribution in [0.1, 0.15) is 68.4 Å². The average Bonchev–Trinajstić information content (AvgIpc) is 2.71. The van der Waals surface area contributed by atoms with E-state index >= 15 is 0 Å². The van der Waals surface area contributed by atoms with Gasteiger partial charge in [-0.25, -0.2) is 19.5 Å². The van der Waals surface area contributed by atoms with E-state index in [2.05, 4.69) is 84.1 Å². The van der Waals surface area contributed by atoms with E-state index in [-0.39, 0.29) is 16.4 Å². The molecule has 176 valence electrons. The van der Waals surface area contributed by atoms with E-state index in [1.54, 1.807) is 6.07 Å². The van der Waals surface area contributed by atoms with Gasteiger partial charge in [0.2, 0.25) is 5.69 Å². The van der Waals surface area contributed by atoms with Crippen molar-refractivity contribution in [3.8, 4) is 22.6 Å². The SMILES string of the molecule is [2H]C([2H])([2H])c1cc(C)c(-c2ccc([Si](C)(C)C)c[n+]2C)cc1-c1nc(C(C)(C)C)nc(C(C)(C)C)n1. The molecule has 2 aromatic heterocycles. The molecular weight excluding hydrogens is 420 g/mol. The predicted molar refractivity (Wildman–Crippen MR) is 142 cm³/mol. The van der Waals surface area contributed by atoms with Gasteiger partial charge in [-0.2, -0.15) is 0 Å². The molecule has 2 heterocycles. The first-order valence-electron chi connectivity index (χ1n) is 13.1. The zero-order valence-corrected chi connectivity index (χ0v) is 23.2. The summed E-state index contributed by atoms with van der Waals surface area (Å²) in [7, 11) is 0.579. The van der Waals surface area contributed by atoms with Gasteiger partial charge in [-0.15, -0.1) is 0 Å². The maximum Gasteiger partial charge on any atom is 0.212 e. The van der Waals surface area contributed by atoms with E-state index in [4.69, 9.17) is 19.1 Å². The van der Waals surface area contributed by atoms with Crippen molar-refractivity contribution in [1.29, 1.82) is 0 Å². The molecule has 1 aromatic carbocycles. The van der Waals surface area contributed by atoms with Crippen LogP contribution in [0.2, 0.25) is 19.6 Å². The summed E-state index contributed by atoms with van der Waals surface area (Å²) in [6.07, 6.45) is 2.21. The molecule has 0 aliphatic rings. The lowest BCUT2D eigenvalue weighted by atomic mass is 9.92. The lowest BCUT2D eigenvalue weighted by Gasteiger charge is -2.23. The van der Waals surface area contributed by atoms with Gasteiger partial charge in [-0.3, -0.25) is 0 Å². The zero-order chi connectivity index (χ0) is 27.4. The fraction of sp³-hybridized carbons (Fsp3) is 0.500. The Morgan fingerprint density at radius 2 is 1.39 bits per heavy atom. The van der Waals surface area contributed by atoms with Crippen LogP contribution in [0, 0.1) is 13.8 Å². The number of pyridine rings is 1. The van der Waals surface area contributed by atoms with Crippen LogP contribution in [0.3, 0.4) is 0 Å². The molecule has 0 aliphatic heterocycles. The van der Waals surface area contributed by atoms with Crippen molar-refractivity contribution in [2.75, 3.05) is 0 Å². The van der Waals surface area contributed by atoms with E-state index in [0.29, 0.717) is 23.0 Å². The molecule has 0 aliphatic carbocycles. The van der Waals surface area contributed by atoms with Crippen LogP contribution in [0.25, 0.3) is 22.6 Å². The summed E-state index contributed by atoms with van der Waals surface area (Å²) in [5.41, 5.74) is 3.06. The summed E-state index contributed by atoms with van der Waals surface area (Å²) in [6, 6.07) is 8.08. The minimum absolute atomic E-state index is 0.260. The first kappa shape index (κ1) is 21.2. The van der Waals surface area contributed by atoms with Crippen molar-refractivity contribution >= 4 is 13.3 Å². The van der Waals surface area contributed by atoms with Crippen LogP contribution in [-0.2, 0) is 17.9 Å². The molecule has 0 unspecified atom stereocenters. The van der Waals surface area contributed by atoms with Gasteiger partial charge in [-0.1, -0.05) is 73.3 Å². The Balaban J connectivity index is 2.37. The summed E-state index contributed by atoms with van der Waals surface area (Å²) >= 11 is 0. The maximum atomic E-state index is 8.29. The molecule has 4 nitrogen and oxygen atoms in total. The number of hydrogen-bond acceptors (Lipinski definition) is 3.